The predicted molar refractivity (Wildman–Crippen MR) is 83.1 cm³/mol. The van der Waals surface area contributed by atoms with E-state index in [9.17, 15) is 0 Å². The minimum absolute atomic E-state index is 0.346. The largest absolute Gasteiger partial charge is 0.381 e. The summed E-state index contributed by atoms with van der Waals surface area (Å²) in [6, 6.07) is 6.35. The van der Waals surface area contributed by atoms with Crippen molar-refractivity contribution < 1.29 is 0 Å². The van der Waals surface area contributed by atoms with Gasteiger partial charge in [0.05, 0.1) is 10.0 Å². The molecule has 2 aliphatic rings. The van der Waals surface area contributed by atoms with E-state index in [-0.39, 0.29) is 0 Å². The van der Waals surface area contributed by atoms with E-state index < -0.39 is 0 Å². The summed E-state index contributed by atoms with van der Waals surface area (Å²) in [6.45, 7) is 7.23. The predicted octanol–water partition coefficient (Wildman–Crippen LogP) is 5.62. The average Bonchev–Trinajstić information content (AvgIpc) is 2.80. The van der Waals surface area contributed by atoms with Gasteiger partial charge < -0.3 is 5.32 Å². The summed E-state index contributed by atoms with van der Waals surface area (Å²) in [7, 11) is 0. The van der Waals surface area contributed by atoms with E-state index in [1.807, 2.05) is 18.2 Å². The molecule has 0 radical (unpaired) electrons. The zero-order chi connectivity index (χ0) is 13.8. The van der Waals surface area contributed by atoms with Crippen molar-refractivity contribution in [2.24, 2.45) is 16.7 Å². The third-order valence-corrected chi connectivity index (χ3v) is 6.24. The summed E-state index contributed by atoms with van der Waals surface area (Å²) in [4.78, 5) is 0. The summed E-state index contributed by atoms with van der Waals surface area (Å²) < 4.78 is 0. The monoisotopic (exact) mass is 297 g/mol. The Hall–Kier alpha value is -0.400. The normalized spacial score (nSPS) is 35.6. The smallest absolute Gasteiger partial charge is 0.0612 e. The summed E-state index contributed by atoms with van der Waals surface area (Å²) in [6.07, 6.45) is 4.06. The zero-order valence-corrected chi connectivity index (χ0v) is 13.3. The van der Waals surface area contributed by atoms with Gasteiger partial charge in [-0.05, 0) is 54.2 Å². The fourth-order valence-corrected chi connectivity index (χ4v) is 4.71. The van der Waals surface area contributed by atoms with E-state index in [1.54, 1.807) is 0 Å². The van der Waals surface area contributed by atoms with Crippen LogP contribution in [0, 0.1) is 16.7 Å². The molecule has 19 heavy (non-hydrogen) atoms. The molecule has 2 saturated carbocycles. The van der Waals surface area contributed by atoms with Crippen LogP contribution in [0.2, 0.25) is 10.0 Å². The Labute approximate surface area is 125 Å². The van der Waals surface area contributed by atoms with E-state index in [2.05, 4.69) is 26.1 Å². The van der Waals surface area contributed by atoms with Gasteiger partial charge in [0.2, 0.25) is 0 Å². The molecule has 3 heteroatoms. The molecule has 104 valence electrons. The molecule has 1 aromatic rings. The molecular weight excluding hydrogens is 277 g/mol. The number of anilines is 1. The van der Waals surface area contributed by atoms with E-state index in [4.69, 9.17) is 23.2 Å². The Morgan fingerprint density at radius 3 is 2.47 bits per heavy atom. The molecule has 0 amide bonds. The van der Waals surface area contributed by atoms with Crippen molar-refractivity contribution in [2.45, 2.75) is 46.1 Å². The molecule has 0 spiro atoms. The van der Waals surface area contributed by atoms with Crippen molar-refractivity contribution in [2.75, 3.05) is 5.32 Å². The van der Waals surface area contributed by atoms with Gasteiger partial charge in [-0.2, -0.15) is 0 Å². The summed E-state index contributed by atoms with van der Waals surface area (Å²) in [5.41, 5.74) is 1.85. The van der Waals surface area contributed by atoms with E-state index in [0.29, 0.717) is 26.9 Å². The maximum Gasteiger partial charge on any atom is 0.0612 e. The first kappa shape index (κ1) is 13.6. The molecule has 3 atom stereocenters. The molecule has 0 saturated heterocycles. The second-order valence-electron chi connectivity index (χ2n) is 7.12. The van der Waals surface area contributed by atoms with E-state index >= 15 is 0 Å². The van der Waals surface area contributed by atoms with Gasteiger partial charge in [-0.15, -0.1) is 0 Å². The zero-order valence-electron chi connectivity index (χ0n) is 11.8. The summed E-state index contributed by atoms with van der Waals surface area (Å²) >= 11 is 12.1. The molecule has 1 N–H and O–H groups in total. The standard InChI is InChI=1S/C16H21Cl2N/c1-15(2)10-6-7-16(3,9-10)14(15)19-11-4-5-12(17)13(18)8-11/h4-5,8,10,14,19H,6-7,9H2,1-3H3. The van der Waals surface area contributed by atoms with Crippen LogP contribution in [-0.2, 0) is 0 Å². The Morgan fingerprint density at radius 1 is 1.16 bits per heavy atom. The van der Waals surface area contributed by atoms with Crippen molar-refractivity contribution in [1.82, 2.24) is 0 Å². The van der Waals surface area contributed by atoms with Gasteiger partial charge in [0.1, 0.15) is 0 Å². The molecule has 1 nitrogen and oxygen atoms in total. The minimum atomic E-state index is 0.346. The van der Waals surface area contributed by atoms with Gasteiger partial charge in [-0.3, -0.25) is 0 Å². The van der Waals surface area contributed by atoms with Gasteiger partial charge in [0.25, 0.3) is 0 Å². The SMILES string of the molecule is CC12CCC(C1)C(C)(C)C2Nc1ccc(Cl)c(Cl)c1. The highest BCUT2D eigenvalue weighted by atomic mass is 35.5. The average molecular weight is 298 g/mol. The van der Waals surface area contributed by atoms with E-state index in [0.717, 1.165) is 11.6 Å². The lowest BCUT2D eigenvalue weighted by Crippen LogP contribution is -2.45. The molecule has 0 aromatic heterocycles. The highest BCUT2D eigenvalue weighted by molar-refractivity contribution is 6.42. The molecule has 0 aliphatic heterocycles. The maximum atomic E-state index is 6.11. The quantitative estimate of drug-likeness (QED) is 0.747. The van der Waals surface area contributed by atoms with Crippen molar-refractivity contribution in [1.29, 1.82) is 0 Å². The number of nitrogens with one attached hydrogen (secondary N) is 1. The lowest BCUT2D eigenvalue weighted by atomic mass is 9.68. The van der Waals surface area contributed by atoms with Crippen LogP contribution in [0.25, 0.3) is 0 Å². The Balaban J connectivity index is 1.88. The van der Waals surface area contributed by atoms with E-state index in [1.165, 1.54) is 19.3 Å². The second kappa shape index (κ2) is 4.30. The highest BCUT2D eigenvalue weighted by Gasteiger charge is 2.59. The van der Waals surface area contributed by atoms with Crippen LogP contribution in [0.5, 0.6) is 0 Å². The van der Waals surface area contributed by atoms with Crippen molar-refractivity contribution in [3.63, 3.8) is 0 Å². The third-order valence-electron chi connectivity index (χ3n) is 5.50. The number of hydrogen-bond donors (Lipinski definition) is 1. The molecule has 0 heterocycles. The number of rotatable bonds is 2. The lowest BCUT2D eigenvalue weighted by molar-refractivity contribution is 0.155. The molecule has 2 bridgehead atoms. The van der Waals surface area contributed by atoms with Gasteiger partial charge in [-0.1, -0.05) is 44.0 Å². The number of hydrogen-bond acceptors (Lipinski definition) is 1. The van der Waals surface area contributed by atoms with Crippen LogP contribution in [0.3, 0.4) is 0 Å². The number of fused-ring (bicyclic) bond motifs is 2. The third kappa shape index (κ3) is 2.06. The van der Waals surface area contributed by atoms with Crippen LogP contribution in [-0.4, -0.2) is 6.04 Å². The van der Waals surface area contributed by atoms with Gasteiger partial charge >= 0.3 is 0 Å². The molecule has 2 aliphatic carbocycles. The Kier molecular flexibility index (Phi) is 3.07. The second-order valence-corrected chi connectivity index (χ2v) is 7.94. The molecule has 3 rings (SSSR count). The summed E-state index contributed by atoms with van der Waals surface area (Å²) in [5, 5.41) is 4.97. The van der Waals surface area contributed by atoms with Gasteiger partial charge in [-0.25, -0.2) is 0 Å². The maximum absolute atomic E-state index is 6.11. The van der Waals surface area contributed by atoms with Crippen molar-refractivity contribution in [3.05, 3.63) is 28.2 Å². The van der Waals surface area contributed by atoms with Crippen LogP contribution >= 0.6 is 23.2 Å². The van der Waals surface area contributed by atoms with Gasteiger partial charge in [0, 0.05) is 11.7 Å². The van der Waals surface area contributed by atoms with Crippen LogP contribution < -0.4 is 5.32 Å². The Bertz CT molecular complexity index is 507. The number of halogens is 2. The number of benzene rings is 1. The summed E-state index contributed by atoms with van der Waals surface area (Å²) in [5.74, 6) is 0.845. The molecule has 1 aromatic carbocycles. The molecule has 2 fully saturated rings. The van der Waals surface area contributed by atoms with Crippen molar-refractivity contribution in [3.8, 4) is 0 Å². The fraction of sp³-hybridized carbons (Fsp3) is 0.625. The molecular formula is C16H21Cl2N. The van der Waals surface area contributed by atoms with Crippen LogP contribution in [0.15, 0.2) is 18.2 Å². The first-order valence-electron chi connectivity index (χ1n) is 7.04. The fourth-order valence-electron chi connectivity index (χ4n) is 4.41. The van der Waals surface area contributed by atoms with Crippen LogP contribution in [0.4, 0.5) is 5.69 Å². The minimum Gasteiger partial charge on any atom is -0.381 e. The topological polar surface area (TPSA) is 12.0 Å². The van der Waals surface area contributed by atoms with Crippen LogP contribution in [0.1, 0.15) is 40.0 Å². The first-order chi connectivity index (χ1) is 8.83. The first-order valence-corrected chi connectivity index (χ1v) is 7.80. The lowest BCUT2D eigenvalue weighted by Gasteiger charge is -2.43. The van der Waals surface area contributed by atoms with Gasteiger partial charge in [0.15, 0.2) is 0 Å². The van der Waals surface area contributed by atoms with Crippen molar-refractivity contribution >= 4 is 28.9 Å². The highest BCUT2D eigenvalue weighted by Crippen LogP contribution is 2.63. The Morgan fingerprint density at radius 2 is 1.89 bits per heavy atom. The molecule has 3 unspecified atom stereocenters.